The van der Waals surface area contributed by atoms with Gasteiger partial charge >= 0.3 is 5.69 Å². The molecule has 1 aromatic rings. The molecule has 0 bridgehead atoms. The molecule has 6 nitrogen and oxygen atoms in total. The van der Waals surface area contributed by atoms with Crippen molar-refractivity contribution in [3.63, 3.8) is 0 Å². The number of hydrogen-bond acceptors (Lipinski definition) is 6. The Labute approximate surface area is 110 Å². The zero-order valence-electron chi connectivity index (χ0n) is 10.7. The molecule has 0 aromatic carbocycles. The first-order chi connectivity index (χ1) is 8.61. The van der Waals surface area contributed by atoms with E-state index in [1.807, 2.05) is 14.1 Å². The SMILES string of the molecule is COC[C@@H]1O[C@H](n2ccc(N(C)C)nc2=O)CS1. The first-order valence-electron chi connectivity index (χ1n) is 5.64. The third kappa shape index (κ3) is 2.85. The van der Waals surface area contributed by atoms with Gasteiger partial charge < -0.3 is 14.4 Å². The Kier molecular flexibility index (Phi) is 4.26. The van der Waals surface area contributed by atoms with Crippen molar-refractivity contribution in [1.82, 2.24) is 9.55 Å². The van der Waals surface area contributed by atoms with E-state index in [0.717, 1.165) is 5.75 Å². The fourth-order valence-corrected chi connectivity index (χ4v) is 2.74. The Morgan fingerprint density at radius 1 is 1.67 bits per heavy atom. The van der Waals surface area contributed by atoms with E-state index in [-0.39, 0.29) is 17.4 Å². The molecule has 2 heterocycles. The minimum atomic E-state index is -0.287. The number of rotatable bonds is 4. The van der Waals surface area contributed by atoms with Crippen molar-refractivity contribution in [3.05, 3.63) is 22.7 Å². The average Bonchev–Trinajstić information content (AvgIpc) is 2.77. The van der Waals surface area contributed by atoms with Crippen LogP contribution in [0.3, 0.4) is 0 Å². The van der Waals surface area contributed by atoms with Crippen LogP contribution in [0.4, 0.5) is 5.82 Å². The molecule has 18 heavy (non-hydrogen) atoms. The standard InChI is InChI=1S/C11H17N3O3S/c1-13(2)8-4-5-14(11(15)12-8)9-7-18-10(17-9)6-16-3/h4-5,9-10H,6-7H2,1-3H3/t9-,10+/m0/s1. The van der Waals surface area contributed by atoms with Crippen LogP contribution in [0.2, 0.25) is 0 Å². The van der Waals surface area contributed by atoms with Gasteiger partial charge in [0.25, 0.3) is 0 Å². The van der Waals surface area contributed by atoms with Crippen molar-refractivity contribution < 1.29 is 9.47 Å². The normalized spacial score (nSPS) is 23.3. The Bertz CT molecular complexity index is 463. The Morgan fingerprint density at radius 2 is 2.44 bits per heavy atom. The number of aromatic nitrogens is 2. The molecule has 0 spiro atoms. The van der Waals surface area contributed by atoms with Crippen LogP contribution >= 0.6 is 11.8 Å². The lowest BCUT2D eigenvalue weighted by atomic mass is 10.5. The molecule has 2 rings (SSSR count). The van der Waals surface area contributed by atoms with Crippen molar-refractivity contribution >= 4 is 17.6 Å². The maximum absolute atomic E-state index is 11.9. The molecule has 1 aliphatic heterocycles. The van der Waals surface area contributed by atoms with Crippen LogP contribution in [0, 0.1) is 0 Å². The summed E-state index contributed by atoms with van der Waals surface area (Å²) in [5.41, 5.74) is -0.301. The van der Waals surface area contributed by atoms with E-state index in [0.29, 0.717) is 12.4 Å². The molecular weight excluding hydrogens is 254 g/mol. The first-order valence-corrected chi connectivity index (χ1v) is 6.69. The molecule has 0 amide bonds. The first kappa shape index (κ1) is 13.4. The zero-order chi connectivity index (χ0) is 13.1. The van der Waals surface area contributed by atoms with Gasteiger partial charge in [-0.15, -0.1) is 11.8 Å². The van der Waals surface area contributed by atoms with Crippen molar-refractivity contribution in [2.24, 2.45) is 0 Å². The van der Waals surface area contributed by atoms with Gasteiger partial charge in [-0.3, -0.25) is 4.57 Å². The largest absolute Gasteiger partial charge is 0.381 e. The highest BCUT2D eigenvalue weighted by Crippen LogP contribution is 2.30. The number of ether oxygens (including phenoxy) is 2. The quantitative estimate of drug-likeness (QED) is 0.797. The summed E-state index contributed by atoms with van der Waals surface area (Å²) >= 11 is 1.64. The van der Waals surface area contributed by atoms with Gasteiger partial charge in [0.2, 0.25) is 0 Å². The molecule has 100 valence electrons. The zero-order valence-corrected chi connectivity index (χ0v) is 11.5. The fourth-order valence-electron chi connectivity index (χ4n) is 1.68. The van der Waals surface area contributed by atoms with Gasteiger partial charge in [0.1, 0.15) is 17.5 Å². The molecule has 0 radical (unpaired) electrons. The Morgan fingerprint density at radius 3 is 3.06 bits per heavy atom. The number of hydrogen-bond donors (Lipinski definition) is 0. The highest BCUT2D eigenvalue weighted by atomic mass is 32.2. The second-order valence-electron chi connectivity index (χ2n) is 4.18. The predicted molar refractivity (Wildman–Crippen MR) is 71.1 cm³/mol. The van der Waals surface area contributed by atoms with Crippen LogP contribution in [0.25, 0.3) is 0 Å². The molecule has 0 unspecified atom stereocenters. The van der Waals surface area contributed by atoms with Gasteiger partial charge in [0.05, 0.1) is 6.61 Å². The minimum absolute atomic E-state index is 0.0135. The maximum atomic E-state index is 11.9. The molecule has 7 heteroatoms. The Hall–Kier alpha value is -1.05. The van der Waals surface area contributed by atoms with E-state index in [1.165, 1.54) is 4.57 Å². The number of methoxy groups -OCH3 is 1. The predicted octanol–water partition coefficient (Wildman–Crippen LogP) is 0.544. The van der Waals surface area contributed by atoms with Crippen molar-refractivity contribution in [3.8, 4) is 0 Å². The summed E-state index contributed by atoms with van der Waals surface area (Å²) in [5, 5.41) is 0. The van der Waals surface area contributed by atoms with E-state index < -0.39 is 0 Å². The molecule has 1 aromatic heterocycles. The number of thioether (sulfide) groups is 1. The minimum Gasteiger partial charge on any atom is -0.381 e. The highest BCUT2D eigenvalue weighted by Gasteiger charge is 2.27. The molecule has 0 saturated carbocycles. The molecule has 0 aliphatic carbocycles. The van der Waals surface area contributed by atoms with E-state index in [2.05, 4.69) is 4.98 Å². The summed E-state index contributed by atoms with van der Waals surface area (Å²) in [6.45, 7) is 0.527. The summed E-state index contributed by atoms with van der Waals surface area (Å²) < 4.78 is 12.3. The fraction of sp³-hybridized carbons (Fsp3) is 0.636. The molecule has 1 saturated heterocycles. The molecule has 1 fully saturated rings. The Balaban J connectivity index is 2.13. The van der Waals surface area contributed by atoms with Crippen molar-refractivity contribution in [1.29, 1.82) is 0 Å². The summed E-state index contributed by atoms with van der Waals surface area (Å²) in [7, 11) is 5.34. The van der Waals surface area contributed by atoms with Gasteiger partial charge in [0, 0.05) is 33.2 Å². The molecule has 1 aliphatic rings. The lowest BCUT2D eigenvalue weighted by Gasteiger charge is -2.16. The van der Waals surface area contributed by atoms with E-state index >= 15 is 0 Å². The summed E-state index contributed by atoms with van der Waals surface area (Å²) in [6.07, 6.45) is 1.47. The van der Waals surface area contributed by atoms with E-state index in [1.54, 1.807) is 36.0 Å². The average molecular weight is 271 g/mol. The van der Waals surface area contributed by atoms with Crippen LogP contribution in [0.15, 0.2) is 17.1 Å². The van der Waals surface area contributed by atoms with Gasteiger partial charge in [-0.1, -0.05) is 0 Å². The van der Waals surface area contributed by atoms with E-state index in [9.17, 15) is 4.79 Å². The maximum Gasteiger partial charge on any atom is 0.351 e. The lowest BCUT2D eigenvalue weighted by Crippen LogP contribution is -2.30. The number of anilines is 1. The highest BCUT2D eigenvalue weighted by molar-refractivity contribution is 8.00. The third-order valence-electron chi connectivity index (χ3n) is 2.62. The van der Waals surface area contributed by atoms with Gasteiger partial charge in [-0.25, -0.2) is 4.79 Å². The van der Waals surface area contributed by atoms with Crippen molar-refractivity contribution in [2.75, 3.05) is 38.5 Å². The summed E-state index contributed by atoms with van der Waals surface area (Å²) in [4.78, 5) is 17.7. The number of nitrogens with zero attached hydrogens (tertiary/aromatic N) is 3. The van der Waals surface area contributed by atoms with Crippen LogP contribution in [-0.4, -0.2) is 48.6 Å². The van der Waals surface area contributed by atoms with E-state index in [4.69, 9.17) is 9.47 Å². The van der Waals surface area contributed by atoms with Gasteiger partial charge in [0.15, 0.2) is 0 Å². The summed E-state index contributed by atoms with van der Waals surface area (Å²) in [5.74, 6) is 1.38. The van der Waals surface area contributed by atoms with Crippen LogP contribution in [0.1, 0.15) is 6.23 Å². The smallest absolute Gasteiger partial charge is 0.351 e. The molecule has 2 atom stereocenters. The van der Waals surface area contributed by atoms with Gasteiger partial charge in [-0.2, -0.15) is 4.98 Å². The van der Waals surface area contributed by atoms with Crippen LogP contribution < -0.4 is 10.6 Å². The topological polar surface area (TPSA) is 56.6 Å². The second-order valence-corrected chi connectivity index (χ2v) is 5.37. The van der Waals surface area contributed by atoms with Crippen LogP contribution in [0.5, 0.6) is 0 Å². The van der Waals surface area contributed by atoms with Crippen molar-refractivity contribution in [2.45, 2.75) is 11.7 Å². The molecular formula is C11H17N3O3S. The lowest BCUT2D eigenvalue weighted by molar-refractivity contribution is -0.0152. The summed E-state index contributed by atoms with van der Waals surface area (Å²) in [6, 6.07) is 1.80. The monoisotopic (exact) mass is 271 g/mol. The van der Waals surface area contributed by atoms with Gasteiger partial charge in [-0.05, 0) is 6.07 Å². The second kappa shape index (κ2) is 5.73. The molecule has 0 N–H and O–H groups in total. The van der Waals surface area contributed by atoms with Crippen LogP contribution in [-0.2, 0) is 9.47 Å². The third-order valence-corrected chi connectivity index (χ3v) is 3.72.